The molecule has 1 atom stereocenters. The first-order chi connectivity index (χ1) is 5.57. The number of rotatable bonds is 1. The number of aliphatic imine (C=N–C) groups is 3. The van der Waals surface area contributed by atoms with Gasteiger partial charge in [0.1, 0.15) is 11.4 Å². The summed E-state index contributed by atoms with van der Waals surface area (Å²) in [5.41, 5.74) is 0. The van der Waals surface area contributed by atoms with Crippen LogP contribution >= 0.6 is 11.8 Å². The van der Waals surface area contributed by atoms with Gasteiger partial charge in [-0.3, -0.25) is 0 Å². The fourth-order valence-electron chi connectivity index (χ4n) is 0.783. The molecule has 0 bridgehead atoms. The molecule has 6 nitrogen and oxygen atoms in total. The summed E-state index contributed by atoms with van der Waals surface area (Å²) < 4.78 is 20.6. The number of hydrogen-bond donors (Lipinski definition) is 1. The summed E-state index contributed by atoms with van der Waals surface area (Å²) >= 11 is 0.997. The second-order valence-electron chi connectivity index (χ2n) is 2.15. The first-order valence-electron chi connectivity index (χ1n) is 2.94. The van der Waals surface area contributed by atoms with Gasteiger partial charge in [0, 0.05) is 0 Å². The van der Waals surface area contributed by atoms with Gasteiger partial charge in [0.25, 0.3) is 0 Å². The Morgan fingerprint density at radius 3 is 2.92 bits per heavy atom. The van der Waals surface area contributed by atoms with Crippen LogP contribution in [-0.4, -0.2) is 30.3 Å². The van der Waals surface area contributed by atoms with Crippen molar-refractivity contribution >= 4 is 39.0 Å². The summed E-state index contributed by atoms with van der Waals surface area (Å²) in [4.78, 5) is 11.3. The number of thioether (sulfide) groups is 1. The minimum Gasteiger partial charge on any atom is -0.231 e. The zero-order chi connectivity index (χ0) is 8.77. The van der Waals surface area contributed by atoms with Crippen molar-refractivity contribution in [3.8, 4) is 0 Å². The lowest BCUT2D eigenvalue weighted by atomic mass is 10.7. The van der Waals surface area contributed by atoms with Gasteiger partial charge in [-0.2, -0.15) is 0 Å². The summed E-state index contributed by atoms with van der Waals surface area (Å²) in [6, 6.07) is 0. The minimum absolute atomic E-state index is 0.360. The van der Waals surface area contributed by atoms with Crippen LogP contribution in [0, 0.1) is 0 Å². The van der Waals surface area contributed by atoms with Gasteiger partial charge in [0.05, 0.1) is 0 Å². The Hall–Kier alpha value is -0.730. The van der Waals surface area contributed by atoms with Crippen LogP contribution in [0.1, 0.15) is 0 Å². The van der Waals surface area contributed by atoms with Gasteiger partial charge >= 0.3 is 0 Å². The molecule has 0 aliphatic carbocycles. The molecular weight excluding hydrogens is 200 g/mol. The lowest BCUT2D eigenvalue weighted by molar-refractivity contribution is 0.596. The highest BCUT2D eigenvalue weighted by atomic mass is 32.3. The van der Waals surface area contributed by atoms with E-state index in [0.717, 1.165) is 11.8 Å². The molecule has 0 saturated carbocycles. The fourth-order valence-corrected chi connectivity index (χ4v) is 2.50. The van der Waals surface area contributed by atoms with Gasteiger partial charge in [0.15, 0.2) is 5.84 Å². The molecule has 12 heavy (non-hydrogen) atoms. The smallest absolute Gasteiger partial charge is 0.231 e. The molecule has 2 N–H and O–H groups in total. The number of nitrogens with two attached hydrogens (primary N) is 1. The van der Waals surface area contributed by atoms with Crippen molar-refractivity contribution in [2.45, 2.75) is 4.71 Å². The number of fused-ring (bicyclic) bond motifs is 1. The van der Waals surface area contributed by atoms with Crippen LogP contribution in [0.25, 0.3) is 0 Å². The van der Waals surface area contributed by atoms with E-state index in [1.165, 1.54) is 6.34 Å². The van der Waals surface area contributed by atoms with Crippen molar-refractivity contribution in [3.63, 3.8) is 0 Å². The summed E-state index contributed by atoms with van der Waals surface area (Å²) in [5, 5.41) is 5.40. The summed E-state index contributed by atoms with van der Waals surface area (Å²) in [6.07, 6.45) is 1.33. The van der Waals surface area contributed by atoms with E-state index < -0.39 is 14.7 Å². The van der Waals surface area contributed by atoms with Crippen molar-refractivity contribution in [1.82, 2.24) is 0 Å². The Labute approximate surface area is 72.7 Å². The van der Waals surface area contributed by atoms with Gasteiger partial charge < -0.3 is 0 Å². The zero-order valence-corrected chi connectivity index (χ0v) is 7.34. The maximum absolute atomic E-state index is 10.8. The van der Waals surface area contributed by atoms with E-state index in [1.54, 1.807) is 0 Å². The van der Waals surface area contributed by atoms with Crippen LogP contribution in [0.5, 0.6) is 0 Å². The van der Waals surface area contributed by atoms with Gasteiger partial charge in [-0.25, -0.2) is 28.5 Å². The van der Waals surface area contributed by atoms with Gasteiger partial charge in [0.2, 0.25) is 14.7 Å². The first-order valence-corrected chi connectivity index (χ1v) is 5.43. The number of amidine groups is 1. The van der Waals surface area contributed by atoms with Crippen LogP contribution in [0.3, 0.4) is 0 Å². The average molecular weight is 204 g/mol. The van der Waals surface area contributed by atoms with Crippen LogP contribution in [0.15, 0.2) is 15.0 Å². The van der Waals surface area contributed by atoms with Crippen LogP contribution in [0.4, 0.5) is 0 Å². The van der Waals surface area contributed by atoms with Gasteiger partial charge in [-0.15, -0.1) is 0 Å². The molecule has 0 aromatic carbocycles. The molecule has 2 aliphatic rings. The monoisotopic (exact) mass is 204 g/mol. The molecule has 1 unspecified atom stereocenters. The largest absolute Gasteiger partial charge is 0.242 e. The van der Waals surface area contributed by atoms with E-state index >= 15 is 0 Å². The summed E-state index contributed by atoms with van der Waals surface area (Å²) in [7, 11) is -3.62. The first kappa shape index (κ1) is 7.90. The van der Waals surface area contributed by atoms with E-state index in [4.69, 9.17) is 5.14 Å². The highest BCUT2D eigenvalue weighted by Gasteiger charge is 2.33. The third-order valence-electron chi connectivity index (χ3n) is 1.27. The van der Waals surface area contributed by atoms with Crippen LogP contribution in [-0.2, 0) is 10.0 Å². The molecule has 64 valence electrons. The third-order valence-corrected chi connectivity index (χ3v) is 3.85. The third kappa shape index (κ3) is 1.17. The van der Waals surface area contributed by atoms with Crippen molar-refractivity contribution in [3.05, 3.63) is 0 Å². The number of nitrogens with zero attached hydrogens (tertiary/aromatic N) is 3. The topological polar surface area (TPSA) is 97.2 Å². The normalized spacial score (nSPS) is 26.9. The van der Waals surface area contributed by atoms with Crippen molar-refractivity contribution in [2.24, 2.45) is 20.1 Å². The Balaban J connectivity index is 2.36. The van der Waals surface area contributed by atoms with Crippen LogP contribution < -0.4 is 5.14 Å². The maximum atomic E-state index is 10.8. The van der Waals surface area contributed by atoms with E-state index in [2.05, 4.69) is 15.0 Å². The SMILES string of the molecule is NS(=O)(=O)C1N=C2N=CN=C2S1. The quantitative estimate of drug-likeness (QED) is 0.602. The number of sulfonamides is 1. The molecular formula is C4H4N4O2S2. The molecule has 0 saturated heterocycles. The molecule has 0 aromatic heterocycles. The molecule has 0 amide bonds. The Morgan fingerprint density at radius 1 is 1.58 bits per heavy atom. The molecule has 0 fully saturated rings. The standard InChI is InChI=1S/C4H4N4O2S2/c5-12(9,10)4-8-2-3(11-4)7-1-6-2/h1,4H,(H2,5,9,10). The highest BCUT2D eigenvalue weighted by molar-refractivity contribution is 8.24. The summed E-state index contributed by atoms with van der Waals surface area (Å²) in [5.74, 6) is 0.360. The molecule has 2 rings (SSSR count). The molecule has 0 radical (unpaired) electrons. The maximum Gasteiger partial charge on any atom is 0.242 e. The Morgan fingerprint density at radius 2 is 2.33 bits per heavy atom. The Bertz CT molecular complexity index is 407. The molecule has 2 heterocycles. The van der Waals surface area contributed by atoms with Crippen molar-refractivity contribution < 1.29 is 8.42 Å². The van der Waals surface area contributed by atoms with Gasteiger partial charge in [-0.1, -0.05) is 11.8 Å². The number of primary sulfonamides is 1. The average Bonchev–Trinajstić information content (AvgIpc) is 2.37. The second-order valence-corrected chi connectivity index (χ2v) is 5.14. The second kappa shape index (κ2) is 2.38. The molecule has 0 spiro atoms. The van der Waals surface area contributed by atoms with Crippen molar-refractivity contribution in [1.29, 1.82) is 0 Å². The zero-order valence-electron chi connectivity index (χ0n) is 5.71. The summed E-state index contributed by atoms with van der Waals surface area (Å²) in [6.45, 7) is 0. The molecule has 0 aromatic rings. The predicted octanol–water partition coefficient (Wildman–Crippen LogP) is -0.856. The van der Waals surface area contributed by atoms with E-state index in [1.807, 2.05) is 0 Å². The van der Waals surface area contributed by atoms with E-state index in [-0.39, 0.29) is 0 Å². The fraction of sp³-hybridized carbons (Fsp3) is 0.250. The molecule has 8 heteroatoms. The Kier molecular flexibility index (Phi) is 1.56. The predicted molar refractivity (Wildman–Crippen MR) is 47.8 cm³/mol. The lowest BCUT2D eigenvalue weighted by Gasteiger charge is -1.99. The van der Waals surface area contributed by atoms with E-state index in [0.29, 0.717) is 10.9 Å². The van der Waals surface area contributed by atoms with Crippen molar-refractivity contribution in [2.75, 3.05) is 0 Å². The lowest BCUT2D eigenvalue weighted by Crippen LogP contribution is -2.22. The molecule has 2 aliphatic heterocycles. The minimum atomic E-state index is -3.62. The van der Waals surface area contributed by atoms with E-state index in [9.17, 15) is 8.42 Å². The van der Waals surface area contributed by atoms with Crippen LogP contribution in [0.2, 0.25) is 0 Å². The number of hydrogen-bond acceptors (Lipinski definition) is 6. The van der Waals surface area contributed by atoms with Gasteiger partial charge in [-0.05, 0) is 0 Å². The highest BCUT2D eigenvalue weighted by Crippen LogP contribution is 2.28.